The Balaban J connectivity index is 2.10. The highest BCUT2D eigenvalue weighted by Gasteiger charge is 2.44. The molecule has 3 heterocycles. The summed E-state index contributed by atoms with van der Waals surface area (Å²) in [5.41, 5.74) is 0.594. The number of halogens is 1. The topological polar surface area (TPSA) is 101 Å². The number of aliphatic hydroxyl groups excluding tert-OH is 3. The van der Waals surface area contributed by atoms with E-state index in [0.29, 0.717) is 5.65 Å². The van der Waals surface area contributed by atoms with Gasteiger partial charge in [-0.15, -0.1) is 11.8 Å². The molecule has 3 N–H and O–H groups in total. The number of nitrogens with zero attached hydrogens (tertiary/aromatic N) is 3. The summed E-state index contributed by atoms with van der Waals surface area (Å²) in [7, 11) is 0. The maximum atomic E-state index is 10.1. The molecule has 0 radical (unpaired) electrons. The third kappa shape index (κ3) is 2.37. The van der Waals surface area contributed by atoms with E-state index in [1.165, 1.54) is 18.1 Å². The normalized spacial score (nSPS) is 29.4. The van der Waals surface area contributed by atoms with E-state index in [-0.39, 0.29) is 6.61 Å². The van der Waals surface area contributed by atoms with Crippen molar-refractivity contribution in [2.24, 2.45) is 0 Å². The zero-order valence-electron chi connectivity index (χ0n) is 11.0. The molecular formula is C12H14BrN3O4S. The second-order valence-corrected chi connectivity index (χ2v) is 6.34. The minimum Gasteiger partial charge on any atom is -0.394 e. The van der Waals surface area contributed by atoms with Gasteiger partial charge in [-0.25, -0.2) is 9.97 Å². The first-order valence-corrected chi connectivity index (χ1v) is 8.27. The lowest BCUT2D eigenvalue weighted by Gasteiger charge is -2.17. The molecule has 0 aliphatic carbocycles. The number of aromatic nitrogens is 3. The molecule has 114 valence electrons. The lowest BCUT2D eigenvalue weighted by Crippen LogP contribution is -2.33. The van der Waals surface area contributed by atoms with Gasteiger partial charge in [0.1, 0.15) is 35.3 Å². The Labute approximate surface area is 133 Å². The van der Waals surface area contributed by atoms with Gasteiger partial charge in [0.25, 0.3) is 0 Å². The average Bonchev–Trinajstić information content (AvgIpc) is 2.98. The zero-order chi connectivity index (χ0) is 15.1. The van der Waals surface area contributed by atoms with Crippen LogP contribution in [0.15, 0.2) is 22.0 Å². The van der Waals surface area contributed by atoms with Crippen molar-refractivity contribution in [3.63, 3.8) is 0 Å². The molecule has 3 rings (SSSR count). The Morgan fingerprint density at radius 3 is 2.76 bits per heavy atom. The molecule has 0 bridgehead atoms. The van der Waals surface area contributed by atoms with E-state index in [1.807, 2.05) is 6.26 Å². The lowest BCUT2D eigenvalue weighted by atomic mass is 10.1. The minimum absolute atomic E-state index is 0.361. The first-order valence-electron chi connectivity index (χ1n) is 6.26. The molecule has 21 heavy (non-hydrogen) atoms. The van der Waals surface area contributed by atoms with Crippen molar-refractivity contribution in [2.45, 2.75) is 29.6 Å². The molecule has 4 atom stereocenters. The number of hydrogen-bond acceptors (Lipinski definition) is 7. The number of fused-ring (bicyclic) bond motifs is 1. The second kappa shape index (κ2) is 5.82. The molecule has 7 nitrogen and oxygen atoms in total. The summed E-state index contributed by atoms with van der Waals surface area (Å²) < 4.78 is 7.96. The van der Waals surface area contributed by atoms with E-state index in [1.54, 1.807) is 10.8 Å². The van der Waals surface area contributed by atoms with E-state index in [0.717, 1.165) is 14.9 Å². The Kier molecular flexibility index (Phi) is 4.21. The highest BCUT2D eigenvalue weighted by molar-refractivity contribution is 9.10. The van der Waals surface area contributed by atoms with Crippen molar-refractivity contribution in [3.8, 4) is 0 Å². The fourth-order valence-corrected chi connectivity index (χ4v) is 3.75. The first-order chi connectivity index (χ1) is 10.1. The second-order valence-electron chi connectivity index (χ2n) is 4.69. The zero-order valence-corrected chi connectivity index (χ0v) is 13.5. The Hall–Kier alpha value is -0.710. The first kappa shape index (κ1) is 15.2. The highest BCUT2D eigenvalue weighted by atomic mass is 79.9. The van der Waals surface area contributed by atoms with Gasteiger partial charge >= 0.3 is 0 Å². The van der Waals surface area contributed by atoms with Gasteiger partial charge in [-0.1, -0.05) is 0 Å². The van der Waals surface area contributed by atoms with Gasteiger partial charge in [0.05, 0.1) is 12.0 Å². The monoisotopic (exact) mass is 375 g/mol. The smallest absolute Gasteiger partial charge is 0.164 e. The average molecular weight is 376 g/mol. The molecule has 1 saturated heterocycles. The molecule has 9 heteroatoms. The van der Waals surface area contributed by atoms with E-state index in [4.69, 9.17) is 4.74 Å². The molecule has 2 aromatic heterocycles. The minimum atomic E-state index is -1.14. The van der Waals surface area contributed by atoms with Crippen LogP contribution in [0.5, 0.6) is 0 Å². The van der Waals surface area contributed by atoms with Gasteiger partial charge in [0.2, 0.25) is 0 Å². The van der Waals surface area contributed by atoms with Gasteiger partial charge in [-0.3, -0.25) is 0 Å². The summed E-state index contributed by atoms with van der Waals surface area (Å²) in [5.74, 6) is 0. The quantitative estimate of drug-likeness (QED) is 0.531. The Morgan fingerprint density at radius 2 is 2.14 bits per heavy atom. The van der Waals surface area contributed by atoms with Crippen LogP contribution in [0.4, 0.5) is 0 Å². The van der Waals surface area contributed by atoms with Gasteiger partial charge in [-0.05, 0) is 22.2 Å². The van der Waals surface area contributed by atoms with Crippen molar-refractivity contribution < 1.29 is 20.1 Å². The van der Waals surface area contributed by atoms with Crippen LogP contribution >= 0.6 is 27.7 Å². The van der Waals surface area contributed by atoms with Gasteiger partial charge in [0.15, 0.2) is 6.23 Å². The van der Waals surface area contributed by atoms with Crippen LogP contribution in [-0.4, -0.2) is 61.0 Å². The molecule has 0 aromatic carbocycles. The summed E-state index contributed by atoms with van der Waals surface area (Å²) in [5, 5.41) is 30.8. The lowest BCUT2D eigenvalue weighted by molar-refractivity contribution is -0.0509. The summed E-state index contributed by atoms with van der Waals surface area (Å²) >= 11 is 4.95. The molecule has 1 aliphatic heterocycles. The van der Waals surface area contributed by atoms with Crippen molar-refractivity contribution in [1.29, 1.82) is 0 Å². The van der Waals surface area contributed by atoms with Gasteiger partial charge < -0.3 is 24.6 Å². The number of rotatable bonds is 3. The molecule has 0 spiro atoms. The summed E-state index contributed by atoms with van der Waals surface area (Å²) in [6.07, 6.45) is 1.18. The summed E-state index contributed by atoms with van der Waals surface area (Å²) in [6.45, 7) is -0.361. The number of aliphatic hydroxyl groups is 3. The van der Waals surface area contributed by atoms with Crippen molar-refractivity contribution >= 4 is 38.7 Å². The van der Waals surface area contributed by atoms with Crippen LogP contribution in [-0.2, 0) is 4.74 Å². The Bertz CT molecular complexity index is 667. The molecule has 0 saturated carbocycles. The highest BCUT2D eigenvalue weighted by Crippen LogP contribution is 2.37. The van der Waals surface area contributed by atoms with Crippen molar-refractivity contribution in [3.05, 3.63) is 17.0 Å². The fraction of sp³-hybridized carbons (Fsp3) is 0.500. The molecule has 1 aliphatic rings. The van der Waals surface area contributed by atoms with Crippen LogP contribution in [0.2, 0.25) is 0 Å². The maximum absolute atomic E-state index is 10.1. The van der Waals surface area contributed by atoms with Crippen LogP contribution in [0, 0.1) is 0 Å². The third-order valence-electron chi connectivity index (χ3n) is 3.51. The molecule has 0 amide bonds. The largest absolute Gasteiger partial charge is 0.394 e. The number of thioether (sulfide) groups is 1. The van der Waals surface area contributed by atoms with Crippen LogP contribution in [0.25, 0.3) is 11.0 Å². The van der Waals surface area contributed by atoms with Crippen LogP contribution in [0.1, 0.15) is 6.23 Å². The molecule has 2 aromatic rings. The van der Waals surface area contributed by atoms with E-state index in [9.17, 15) is 15.3 Å². The fourth-order valence-electron chi connectivity index (χ4n) is 2.47. The molecule has 1 fully saturated rings. The maximum Gasteiger partial charge on any atom is 0.164 e. The van der Waals surface area contributed by atoms with Crippen molar-refractivity contribution in [2.75, 3.05) is 12.9 Å². The number of ether oxygens (including phenoxy) is 1. The summed E-state index contributed by atoms with van der Waals surface area (Å²) in [6, 6.07) is 0. The van der Waals surface area contributed by atoms with E-state index in [2.05, 4.69) is 25.9 Å². The van der Waals surface area contributed by atoms with E-state index >= 15 is 0 Å². The predicted octanol–water partition coefficient (Wildman–Crippen LogP) is 0.527. The summed E-state index contributed by atoms with van der Waals surface area (Å²) in [4.78, 5) is 8.45. The third-order valence-corrected chi connectivity index (χ3v) is 4.81. The van der Waals surface area contributed by atoms with Gasteiger partial charge in [0, 0.05) is 10.7 Å². The SMILES string of the molecule is CSc1ncnc2c1c(Br)cn2[C@@H]1O[C@@H](CO)[C@@H](O)[C@H]1O. The number of hydrogen-bond donors (Lipinski definition) is 3. The van der Waals surface area contributed by atoms with Crippen LogP contribution in [0.3, 0.4) is 0 Å². The van der Waals surface area contributed by atoms with Crippen molar-refractivity contribution in [1.82, 2.24) is 14.5 Å². The molecule has 0 unspecified atom stereocenters. The standard InChI is InChI=1S/C12H14BrN3O4S/c1-21-11-7-5(13)2-16(10(7)14-4-15-11)12-9(19)8(18)6(3-17)20-12/h2,4,6,8-9,12,17-19H,3H2,1H3/t6-,8+,9+,12+/m0/s1. The van der Waals surface area contributed by atoms with Gasteiger partial charge in [-0.2, -0.15) is 0 Å². The van der Waals surface area contributed by atoms with E-state index < -0.39 is 24.5 Å². The molecular weight excluding hydrogens is 362 g/mol. The van der Waals surface area contributed by atoms with Crippen LogP contribution < -0.4 is 0 Å². The predicted molar refractivity (Wildman–Crippen MR) is 80.0 cm³/mol. The Morgan fingerprint density at radius 1 is 1.38 bits per heavy atom.